The molecule has 8 heteroatoms. The molecule has 2 aromatic rings. The lowest BCUT2D eigenvalue weighted by Gasteiger charge is -2.28. The van der Waals surface area contributed by atoms with E-state index in [9.17, 15) is 4.79 Å². The average molecular weight is 337 g/mol. The first-order valence-electron chi connectivity index (χ1n) is 8.17. The molecule has 3 heterocycles. The van der Waals surface area contributed by atoms with E-state index in [1.165, 1.54) is 11.8 Å². The molecular weight excluding hydrogens is 314 g/mol. The highest BCUT2D eigenvalue weighted by Gasteiger charge is 2.26. The highest BCUT2D eigenvalue weighted by molar-refractivity contribution is 7.99. The summed E-state index contributed by atoms with van der Waals surface area (Å²) in [6.07, 6.45) is 3.27. The Hall–Kier alpha value is -1.38. The van der Waals surface area contributed by atoms with E-state index in [0.717, 1.165) is 38.2 Å². The van der Waals surface area contributed by atoms with Gasteiger partial charge in [-0.25, -0.2) is 9.97 Å². The van der Waals surface area contributed by atoms with Crippen LogP contribution < -0.4 is 10.9 Å². The Kier molecular flexibility index (Phi) is 5.34. The van der Waals surface area contributed by atoms with E-state index in [1.807, 2.05) is 0 Å². The first kappa shape index (κ1) is 16.5. The number of aliphatic hydroxyl groups is 1. The lowest BCUT2D eigenvalue weighted by Crippen LogP contribution is -2.31. The average Bonchev–Trinajstić information content (AvgIpc) is 2.99. The van der Waals surface area contributed by atoms with Crippen molar-refractivity contribution < 1.29 is 5.11 Å². The number of fused-ring (bicyclic) bond motifs is 1. The SMILES string of the molecule is CCC(c1nc2nc(SCCO)[nH]c(=O)c2[nH]1)C1CCNCC1. The van der Waals surface area contributed by atoms with E-state index in [2.05, 4.69) is 32.2 Å². The quantitative estimate of drug-likeness (QED) is 0.466. The van der Waals surface area contributed by atoms with Crippen molar-refractivity contribution in [3.05, 3.63) is 16.2 Å². The van der Waals surface area contributed by atoms with E-state index in [1.54, 1.807) is 0 Å². The summed E-state index contributed by atoms with van der Waals surface area (Å²) in [4.78, 5) is 27.2. The smallest absolute Gasteiger partial charge is 0.277 e. The van der Waals surface area contributed by atoms with Gasteiger partial charge in [-0.3, -0.25) is 9.78 Å². The van der Waals surface area contributed by atoms with Crippen LogP contribution in [0.25, 0.3) is 11.2 Å². The Labute approximate surface area is 138 Å². The highest BCUT2D eigenvalue weighted by Crippen LogP contribution is 2.32. The molecule has 0 saturated carbocycles. The predicted octanol–water partition coefficient (Wildman–Crippen LogP) is 1.22. The van der Waals surface area contributed by atoms with Crippen LogP contribution in [-0.2, 0) is 0 Å². The fraction of sp³-hybridized carbons (Fsp3) is 0.667. The van der Waals surface area contributed by atoms with Gasteiger partial charge in [0, 0.05) is 11.7 Å². The number of imidazole rings is 1. The third kappa shape index (κ3) is 3.59. The first-order valence-corrected chi connectivity index (χ1v) is 9.15. The van der Waals surface area contributed by atoms with Gasteiger partial charge in [0.05, 0.1) is 6.61 Å². The van der Waals surface area contributed by atoms with Gasteiger partial charge in [-0.15, -0.1) is 0 Å². The van der Waals surface area contributed by atoms with Crippen LogP contribution in [0.5, 0.6) is 0 Å². The van der Waals surface area contributed by atoms with Crippen LogP contribution in [0.3, 0.4) is 0 Å². The molecule has 1 atom stereocenters. The van der Waals surface area contributed by atoms with Crippen LogP contribution in [0, 0.1) is 5.92 Å². The van der Waals surface area contributed by atoms with E-state index in [-0.39, 0.29) is 12.2 Å². The number of hydrogen-bond acceptors (Lipinski definition) is 6. The minimum Gasteiger partial charge on any atom is -0.396 e. The van der Waals surface area contributed by atoms with Crippen LogP contribution in [0.1, 0.15) is 37.9 Å². The van der Waals surface area contributed by atoms with Crippen molar-refractivity contribution in [2.45, 2.75) is 37.3 Å². The molecule has 4 N–H and O–H groups in total. The van der Waals surface area contributed by atoms with Crippen LogP contribution in [0.2, 0.25) is 0 Å². The Morgan fingerprint density at radius 3 is 2.78 bits per heavy atom. The Morgan fingerprint density at radius 1 is 1.30 bits per heavy atom. The zero-order valence-electron chi connectivity index (χ0n) is 13.3. The number of H-pyrrole nitrogens is 2. The second-order valence-electron chi connectivity index (χ2n) is 5.87. The summed E-state index contributed by atoms with van der Waals surface area (Å²) in [6, 6.07) is 0. The zero-order valence-corrected chi connectivity index (χ0v) is 14.1. The predicted molar refractivity (Wildman–Crippen MR) is 90.9 cm³/mol. The fourth-order valence-electron chi connectivity index (χ4n) is 3.29. The Morgan fingerprint density at radius 2 is 2.09 bits per heavy atom. The molecule has 0 spiro atoms. The number of nitrogens with zero attached hydrogens (tertiary/aromatic N) is 2. The normalized spacial score (nSPS) is 17.7. The number of aromatic nitrogens is 4. The standard InChI is InChI=1S/C15H23N5O2S/c1-2-10(9-3-5-16-6-4-9)12-17-11-13(18-12)19-15(20-14(11)22)23-8-7-21/h9-10,16,21H,2-8H2,1H3,(H2,17,18,19,20,22). The van der Waals surface area contributed by atoms with Crippen molar-refractivity contribution in [2.75, 3.05) is 25.4 Å². The third-order valence-corrected chi connectivity index (χ3v) is 5.29. The molecule has 1 fully saturated rings. The molecular formula is C15H23N5O2S. The maximum atomic E-state index is 12.2. The number of rotatable bonds is 6. The molecule has 2 aromatic heterocycles. The lowest BCUT2D eigenvalue weighted by atomic mass is 9.83. The number of hydrogen-bond donors (Lipinski definition) is 4. The second-order valence-corrected chi connectivity index (χ2v) is 6.95. The third-order valence-electron chi connectivity index (χ3n) is 4.43. The monoisotopic (exact) mass is 337 g/mol. The van der Waals surface area contributed by atoms with Gasteiger partial charge < -0.3 is 15.4 Å². The van der Waals surface area contributed by atoms with Crippen LogP contribution in [0.4, 0.5) is 0 Å². The first-order chi connectivity index (χ1) is 11.2. The summed E-state index contributed by atoms with van der Waals surface area (Å²) in [5.74, 6) is 2.29. The number of aromatic amines is 2. The topological polar surface area (TPSA) is 107 Å². The molecule has 1 aliphatic rings. The highest BCUT2D eigenvalue weighted by atomic mass is 32.2. The summed E-state index contributed by atoms with van der Waals surface area (Å²) >= 11 is 1.32. The largest absolute Gasteiger partial charge is 0.396 e. The van der Waals surface area contributed by atoms with Gasteiger partial charge in [0.15, 0.2) is 16.3 Å². The van der Waals surface area contributed by atoms with E-state index >= 15 is 0 Å². The van der Waals surface area contributed by atoms with Crippen molar-refractivity contribution >= 4 is 22.9 Å². The van der Waals surface area contributed by atoms with Crippen molar-refractivity contribution in [2.24, 2.45) is 5.92 Å². The van der Waals surface area contributed by atoms with Gasteiger partial charge in [0.2, 0.25) is 0 Å². The van der Waals surface area contributed by atoms with Gasteiger partial charge in [-0.2, -0.15) is 0 Å². The molecule has 0 radical (unpaired) electrons. The summed E-state index contributed by atoms with van der Waals surface area (Å²) < 4.78 is 0. The summed E-state index contributed by atoms with van der Waals surface area (Å²) in [7, 11) is 0. The minimum atomic E-state index is -0.200. The zero-order chi connectivity index (χ0) is 16.2. The molecule has 0 aliphatic carbocycles. The van der Waals surface area contributed by atoms with Crippen molar-refractivity contribution in [1.29, 1.82) is 0 Å². The molecule has 1 saturated heterocycles. The second kappa shape index (κ2) is 7.46. The number of piperidine rings is 1. The number of thioether (sulfide) groups is 1. The molecule has 23 heavy (non-hydrogen) atoms. The van der Waals surface area contributed by atoms with E-state index < -0.39 is 0 Å². The van der Waals surface area contributed by atoms with Crippen LogP contribution in [-0.4, -0.2) is 50.5 Å². The Bertz CT molecular complexity index is 707. The van der Waals surface area contributed by atoms with Gasteiger partial charge in [0.1, 0.15) is 5.82 Å². The lowest BCUT2D eigenvalue weighted by molar-refractivity contribution is 0.305. The van der Waals surface area contributed by atoms with Crippen molar-refractivity contribution in [3.63, 3.8) is 0 Å². The van der Waals surface area contributed by atoms with Crippen molar-refractivity contribution in [1.82, 2.24) is 25.3 Å². The fourth-order valence-corrected chi connectivity index (χ4v) is 3.89. The van der Waals surface area contributed by atoms with Crippen LogP contribution in [0.15, 0.2) is 9.95 Å². The molecule has 1 aliphatic heterocycles. The maximum Gasteiger partial charge on any atom is 0.277 e. The number of nitrogens with one attached hydrogen (secondary N) is 3. The molecule has 3 rings (SSSR count). The van der Waals surface area contributed by atoms with Gasteiger partial charge in [0.25, 0.3) is 5.56 Å². The molecule has 126 valence electrons. The molecule has 0 aromatic carbocycles. The van der Waals surface area contributed by atoms with E-state index in [0.29, 0.717) is 33.9 Å². The molecule has 7 nitrogen and oxygen atoms in total. The molecule has 1 unspecified atom stereocenters. The number of aliphatic hydroxyl groups excluding tert-OH is 1. The summed E-state index contributed by atoms with van der Waals surface area (Å²) in [6.45, 7) is 4.30. The molecule has 0 bridgehead atoms. The Balaban J connectivity index is 1.91. The summed E-state index contributed by atoms with van der Waals surface area (Å²) in [5, 5.41) is 12.8. The molecule has 0 amide bonds. The maximum absolute atomic E-state index is 12.2. The minimum absolute atomic E-state index is 0.0475. The van der Waals surface area contributed by atoms with Gasteiger partial charge in [-0.1, -0.05) is 18.7 Å². The van der Waals surface area contributed by atoms with Crippen LogP contribution >= 0.6 is 11.8 Å². The van der Waals surface area contributed by atoms with E-state index in [4.69, 9.17) is 5.11 Å². The summed E-state index contributed by atoms with van der Waals surface area (Å²) in [5.41, 5.74) is 0.715. The van der Waals surface area contributed by atoms with Crippen molar-refractivity contribution in [3.8, 4) is 0 Å². The van der Waals surface area contributed by atoms with Gasteiger partial charge in [-0.05, 0) is 38.3 Å². The van der Waals surface area contributed by atoms with Gasteiger partial charge >= 0.3 is 0 Å².